The summed E-state index contributed by atoms with van der Waals surface area (Å²) in [6.45, 7) is 9.53. The molecule has 0 fully saturated rings. The molecule has 0 aliphatic rings. The Labute approximate surface area is 595 Å². The van der Waals surface area contributed by atoms with Crippen molar-refractivity contribution in [3.05, 3.63) is 107 Å². The van der Waals surface area contributed by atoms with Crippen LogP contribution in [0.15, 0.2) is 94.8 Å². The normalized spacial score (nSPS) is 11.8. The fourth-order valence-electron chi connectivity index (χ4n) is 10.2. The third-order valence-electron chi connectivity index (χ3n) is 16.0. The molecule has 0 aliphatic carbocycles. The van der Waals surface area contributed by atoms with Crippen LogP contribution in [0.4, 0.5) is 0 Å². The molecule has 0 atom stereocenters. The first kappa shape index (κ1) is 89.4. The van der Waals surface area contributed by atoms with Crippen LogP contribution < -0.4 is 0 Å². The van der Waals surface area contributed by atoms with Crippen LogP contribution in [-0.4, -0.2) is 114 Å². The van der Waals surface area contributed by atoms with E-state index in [1.165, 1.54) is 154 Å². The van der Waals surface area contributed by atoms with Gasteiger partial charge in [0.2, 0.25) is 0 Å². The van der Waals surface area contributed by atoms with Crippen LogP contribution in [0.25, 0.3) is 0 Å². The van der Waals surface area contributed by atoms with Crippen LogP contribution in [0, 0.1) is 0 Å². The van der Waals surface area contributed by atoms with Gasteiger partial charge < -0.3 is 28.1 Å². The van der Waals surface area contributed by atoms with E-state index in [1.54, 1.807) is 0 Å². The minimum atomic E-state index is -4.81. The first-order valence-corrected chi connectivity index (χ1v) is 38.9. The second-order valence-corrected chi connectivity index (χ2v) is 27.1. The summed E-state index contributed by atoms with van der Waals surface area (Å²) in [5.41, 5.74) is -0.709. The number of esters is 4. The molecule has 0 N–H and O–H groups in total. The number of ether oxygens (including phenoxy) is 4. The molecule has 0 amide bonds. The summed E-state index contributed by atoms with van der Waals surface area (Å²) in [5.74, 6) is -3.13. The Hall–Kier alpha value is -3.64. The molecule has 0 aliphatic heterocycles. The molecule has 2 aromatic carbocycles. The largest absolute Gasteiger partial charge is 2.00 e. The van der Waals surface area contributed by atoms with Crippen LogP contribution in [0.3, 0.4) is 0 Å². The van der Waals surface area contributed by atoms with Crippen LogP contribution in [0.5, 0.6) is 0 Å². The summed E-state index contributed by atoms with van der Waals surface area (Å²) in [5, 5.41) is 0. The first-order chi connectivity index (χ1) is 44.6. The van der Waals surface area contributed by atoms with Crippen molar-refractivity contribution in [2.75, 3.05) is 26.4 Å². The van der Waals surface area contributed by atoms with Gasteiger partial charge in [0.1, 0.15) is 20.2 Å². The summed E-state index contributed by atoms with van der Waals surface area (Å²) in [6.07, 6.45) is 67.2. The Morgan fingerprint density at radius 3 is 0.677 bits per heavy atom. The van der Waals surface area contributed by atoms with E-state index in [1.807, 2.05) is 0 Å². The van der Waals surface area contributed by atoms with Gasteiger partial charge in [-0.2, -0.15) is 0 Å². The minimum Gasteiger partial charge on any atom is -0.744 e. The van der Waals surface area contributed by atoms with E-state index >= 15 is 0 Å². The Morgan fingerprint density at radius 2 is 0.473 bits per heavy atom. The predicted molar refractivity (Wildman–Crippen MR) is 378 cm³/mol. The smallest absolute Gasteiger partial charge is 0.744 e. The fourth-order valence-corrected chi connectivity index (χ4v) is 11.2. The molecule has 0 saturated carbocycles. The van der Waals surface area contributed by atoms with Crippen LogP contribution in [0.2, 0.25) is 0 Å². The molecule has 17 heteroatoms. The maximum absolute atomic E-state index is 12.8. The summed E-state index contributed by atoms with van der Waals surface area (Å²) in [6, 6.07) is 6.20. The van der Waals surface area contributed by atoms with Crippen LogP contribution in [-0.2, 0) is 39.2 Å². The van der Waals surface area contributed by atoms with Gasteiger partial charge in [-0.25, -0.2) is 36.0 Å². The molecule has 0 saturated heterocycles. The second-order valence-electron chi connectivity index (χ2n) is 24.4. The maximum Gasteiger partial charge on any atom is 2.00 e. The first-order valence-electron chi connectivity index (χ1n) is 36.1. The number of hydrogen-bond donors (Lipinski definition) is 0. The number of hydrogen-bond acceptors (Lipinski definition) is 14. The van der Waals surface area contributed by atoms with Gasteiger partial charge in [-0.1, -0.05) is 256 Å². The molecule has 0 bridgehead atoms. The topological polar surface area (TPSA) is 220 Å². The third-order valence-corrected chi connectivity index (χ3v) is 17.7. The molecule has 2 rings (SSSR count). The van der Waals surface area contributed by atoms with E-state index < -0.39 is 53.9 Å². The molecule has 93 heavy (non-hydrogen) atoms. The molecular weight excluding hydrogens is 1240 g/mol. The van der Waals surface area contributed by atoms with Crippen LogP contribution in [0.1, 0.15) is 352 Å². The van der Waals surface area contributed by atoms with Crippen molar-refractivity contribution >= 4 is 81.9 Å². The fraction of sp³-hybridized carbons (Fsp3) is 0.684. The molecule has 0 unspecified atom stereocenters. The van der Waals surface area contributed by atoms with Crippen molar-refractivity contribution in [3.8, 4) is 0 Å². The monoisotopic (exact) mass is 1360 g/mol. The number of rotatable bonds is 58. The minimum absolute atomic E-state index is 0. The van der Waals surface area contributed by atoms with Crippen molar-refractivity contribution in [3.63, 3.8) is 0 Å². The Kier molecular flexibility index (Phi) is 59.5. The van der Waals surface area contributed by atoms with Crippen molar-refractivity contribution in [2.45, 2.75) is 320 Å². The molecule has 0 heterocycles. The number of benzene rings is 2. The van der Waals surface area contributed by atoms with E-state index in [0.29, 0.717) is 25.7 Å². The van der Waals surface area contributed by atoms with Gasteiger partial charge in [-0.05, 0) is 139 Å². The average Bonchev–Trinajstić information content (AvgIpc) is 0.860. The Morgan fingerprint density at radius 1 is 0.290 bits per heavy atom. The summed E-state index contributed by atoms with van der Waals surface area (Å²) in [4.78, 5) is 50.1. The van der Waals surface area contributed by atoms with Gasteiger partial charge in [0, 0.05) is 0 Å². The van der Waals surface area contributed by atoms with E-state index in [2.05, 4.69) is 76.3 Å². The SMILES string of the molecule is CCCC/C=C/CCCCCCCCCOC(=O)c1ccc(S(=O)(=O)[O-])cc1C(=O)OCCCCCCCCC/C=C/CCCC.CCCC/C=C/CCCCCCCCCOC(=O)c1ccc(S(=O)(=O)[O-])cc1C(=O)OCCCCCCCCC/C=C/CCCC.[Ca+2]. The molecular formula is C76H122CaO14S2. The van der Waals surface area contributed by atoms with Gasteiger partial charge >= 0.3 is 61.6 Å². The number of carbonyl (C=O) groups is 4. The molecule has 0 spiro atoms. The zero-order valence-corrected chi connectivity index (χ0v) is 62.1. The van der Waals surface area contributed by atoms with E-state index in [0.717, 1.165) is 139 Å². The number of carbonyl (C=O) groups excluding carboxylic acids is 4. The second kappa shape index (κ2) is 61.9. The number of allylic oxidation sites excluding steroid dienone is 8. The van der Waals surface area contributed by atoms with Gasteiger partial charge in [0.05, 0.1) is 58.5 Å². The molecule has 524 valence electrons. The van der Waals surface area contributed by atoms with Gasteiger partial charge in [-0.15, -0.1) is 0 Å². The van der Waals surface area contributed by atoms with E-state index in [4.69, 9.17) is 18.9 Å². The molecule has 0 aromatic heterocycles. The Bertz CT molecular complexity index is 2400. The quantitative estimate of drug-likeness (QED) is 0.0150. The van der Waals surface area contributed by atoms with Crippen LogP contribution >= 0.6 is 0 Å². The molecule has 2 aromatic rings. The third kappa shape index (κ3) is 50.4. The van der Waals surface area contributed by atoms with Crippen molar-refractivity contribution < 1.29 is 64.1 Å². The maximum atomic E-state index is 12.8. The molecule has 14 nitrogen and oxygen atoms in total. The summed E-state index contributed by atoms with van der Waals surface area (Å²) >= 11 is 0. The predicted octanol–water partition coefficient (Wildman–Crippen LogP) is 20.9. The van der Waals surface area contributed by atoms with Crippen molar-refractivity contribution in [2.24, 2.45) is 0 Å². The Balaban J connectivity index is 0.00000180. The van der Waals surface area contributed by atoms with Crippen molar-refractivity contribution in [1.29, 1.82) is 0 Å². The number of unbranched alkanes of at least 4 members (excludes halogenated alkanes) is 36. The average molecular weight is 1360 g/mol. The van der Waals surface area contributed by atoms with E-state index in [9.17, 15) is 45.1 Å². The van der Waals surface area contributed by atoms with Crippen molar-refractivity contribution in [1.82, 2.24) is 0 Å². The van der Waals surface area contributed by atoms with Gasteiger partial charge in [-0.3, -0.25) is 0 Å². The molecule has 0 radical (unpaired) electrons. The van der Waals surface area contributed by atoms with E-state index in [-0.39, 0.29) is 86.4 Å². The summed E-state index contributed by atoms with van der Waals surface area (Å²) < 4.78 is 90.9. The van der Waals surface area contributed by atoms with Gasteiger partial charge in [0.25, 0.3) is 0 Å². The standard InChI is InChI=1S/2C38H62O7S.Ca/c2*1-3-5-7-9-11-13-15-17-19-21-23-25-27-31-44-37(39)35-30-29-34(46(41,42)43)33-36(35)38(40)45-32-28-26-24-22-20-18-16-14-12-10-8-6-4-2;/h2*9-12,29-30,33H,3-8,13-28,31-32H2,1-2H3,(H,41,42,43);/q;;+2/p-2/b2*11-9+,12-10+;. The zero-order chi connectivity index (χ0) is 67.4. The zero-order valence-electron chi connectivity index (χ0n) is 58.3. The van der Waals surface area contributed by atoms with Gasteiger partial charge in [0.15, 0.2) is 0 Å². The summed E-state index contributed by atoms with van der Waals surface area (Å²) in [7, 11) is -9.62.